The van der Waals surface area contributed by atoms with Crippen LogP contribution in [0.1, 0.15) is 176 Å². The number of nitrogens with zero attached hydrogens (tertiary/aromatic N) is 14. The maximum Gasteiger partial charge on any atom is 0.306 e. The Labute approximate surface area is 651 Å². The van der Waals surface area contributed by atoms with Gasteiger partial charge in [-0.1, -0.05) is 42.5 Å². The number of esters is 1. The Kier molecular flexibility index (Phi) is 26.6. The van der Waals surface area contributed by atoms with Crippen LogP contribution in [0.4, 0.5) is 5.82 Å². The zero-order chi connectivity index (χ0) is 76.7. The number of nitrogens with one attached hydrogen (secondary N) is 1. The third-order valence-electron chi connectivity index (χ3n) is 22.5. The molecule has 0 saturated carbocycles. The molecule has 0 radical (unpaired) electrons. The van der Waals surface area contributed by atoms with Crippen molar-refractivity contribution in [1.82, 2.24) is 69.0 Å². The average molecular weight is 1480 g/mol. The fourth-order valence-corrected chi connectivity index (χ4v) is 17.0. The molecule has 3 unspecified atom stereocenters. The number of carbonyl (C=O) groups is 1. The van der Waals surface area contributed by atoms with E-state index in [-0.39, 0.29) is 25.1 Å². The number of fused-ring (bicyclic) bond motifs is 3. The Hall–Kier alpha value is -9.37. The lowest BCUT2D eigenvalue weighted by atomic mass is 9.94. The molecule has 4 aliphatic rings. The van der Waals surface area contributed by atoms with Gasteiger partial charge in [0.05, 0.1) is 40.6 Å². The Morgan fingerprint density at radius 3 is 1.32 bits per heavy atom. The first kappa shape index (κ1) is 78.7. The van der Waals surface area contributed by atoms with Gasteiger partial charge in [0.15, 0.2) is 11.3 Å². The molecule has 110 heavy (non-hydrogen) atoms. The van der Waals surface area contributed by atoms with Crippen molar-refractivity contribution < 1.29 is 19.7 Å². The third kappa shape index (κ3) is 21.4. The van der Waals surface area contributed by atoms with E-state index in [1.54, 1.807) is 6.20 Å². The van der Waals surface area contributed by atoms with Gasteiger partial charge in [0.1, 0.15) is 11.4 Å². The highest BCUT2D eigenvalue weighted by Crippen LogP contribution is 2.34. The number of hydrogen-bond acceptors (Lipinski definition) is 16. The van der Waals surface area contributed by atoms with Gasteiger partial charge in [0.2, 0.25) is 0 Å². The first-order chi connectivity index (χ1) is 53.3. The van der Waals surface area contributed by atoms with Crippen LogP contribution in [0.3, 0.4) is 0 Å². The number of rotatable bonds is 27. The van der Waals surface area contributed by atoms with Gasteiger partial charge in [-0.25, -0.2) is 39.0 Å². The fourth-order valence-electron chi connectivity index (χ4n) is 17.0. The molecule has 3 saturated heterocycles. The third-order valence-corrected chi connectivity index (χ3v) is 22.5. The van der Waals surface area contributed by atoms with E-state index in [2.05, 4.69) is 206 Å². The normalized spacial score (nSPS) is 17.6. The Morgan fingerprint density at radius 1 is 0.500 bits per heavy atom. The van der Waals surface area contributed by atoms with Crippen molar-refractivity contribution in [2.45, 2.75) is 176 Å². The first-order valence-corrected chi connectivity index (χ1v) is 40.5. The van der Waals surface area contributed by atoms with E-state index in [1.165, 1.54) is 48.1 Å². The maximum atomic E-state index is 13.0. The summed E-state index contributed by atoms with van der Waals surface area (Å²) in [6.07, 6.45) is 18.0. The summed E-state index contributed by atoms with van der Waals surface area (Å²) >= 11 is 0. The summed E-state index contributed by atoms with van der Waals surface area (Å²) < 4.78 is 11.8. The molecule has 19 nitrogen and oxygen atoms in total. The van der Waals surface area contributed by atoms with Gasteiger partial charge in [0, 0.05) is 122 Å². The standard InChI is InChI=1S/C33H41N5O2.C29H39N5O.C29H35N5O/c1-23-18-24(2)38(36-23)30-10-6-8-27(19-30)28(20-31(39)40-33(3,4)5)22-37-17-15-25(21-37)11-13-29-14-12-26-9-7-16-34-32(26)35-29;2*1-21-17-22(2)34(32-21)28-7-3-5-25(18-28)26(13-16-35)20-33-15-12-23(19-33)8-10-27-11-9-24-6-4-14-30-29(24)31-27/h6-10,12,14,16,18-19,25,28H,11,13,15,17,20-22H2,1-5H3;3,5,7,9,11,17-18,23,26,35H,4,6,8,10,12-16,19-20H2,1-2H3,(H,30,31);3-7,9,11,14,17-18,23,26,35H,8,10,12-13,15-16,19-20H2,1-2H3/t25-,28?;2*23-,26?/m111/s1. The minimum Gasteiger partial charge on any atom is -0.460 e. The average Bonchev–Trinajstić information content (AvgIpc) is 1.62. The molecule has 0 aliphatic carbocycles. The number of hydrogen-bond donors (Lipinski definition) is 3. The van der Waals surface area contributed by atoms with Crippen molar-refractivity contribution in [1.29, 1.82) is 0 Å². The number of aryl methyl sites for hydroxylation is 10. The molecule has 12 heterocycles. The van der Waals surface area contributed by atoms with Crippen LogP contribution in [0.25, 0.3) is 39.1 Å². The molecule has 0 amide bonds. The predicted octanol–water partition coefficient (Wildman–Crippen LogP) is 15.7. The topological polar surface area (TPSA) is 206 Å². The number of aliphatic hydroxyl groups excluding tert-OH is 2. The zero-order valence-corrected chi connectivity index (χ0v) is 66.4. The minimum absolute atomic E-state index is 0.0405. The lowest BCUT2D eigenvalue weighted by Gasteiger charge is -2.26. The van der Waals surface area contributed by atoms with Gasteiger partial charge in [0.25, 0.3) is 0 Å². The smallest absolute Gasteiger partial charge is 0.306 e. The molecule has 11 aromatic rings. The number of aliphatic hydroxyl groups is 2. The Balaban J connectivity index is 0.000000145. The van der Waals surface area contributed by atoms with Crippen LogP contribution in [0.5, 0.6) is 0 Å². The lowest BCUT2D eigenvalue weighted by Crippen LogP contribution is -2.30. The Bertz CT molecular complexity index is 4840. The van der Waals surface area contributed by atoms with E-state index in [4.69, 9.17) is 19.7 Å². The summed E-state index contributed by atoms with van der Waals surface area (Å²) in [5, 5.41) is 39.2. The molecule has 3 aromatic carbocycles. The molecule has 578 valence electrons. The number of anilines is 1. The van der Waals surface area contributed by atoms with Crippen LogP contribution in [-0.4, -0.2) is 169 Å². The fraction of sp³-hybridized carbons (Fsp3) is 0.462. The van der Waals surface area contributed by atoms with Crippen LogP contribution in [0.15, 0.2) is 164 Å². The van der Waals surface area contributed by atoms with Crippen molar-refractivity contribution in [3.63, 3.8) is 0 Å². The second kappa shape index (κ2) is 37.1. The number of likely N-dealkylation sites (tertiary alicyclic amines) is 3. The number of aromatic nitrogens is 11. The van der Waals surface area contributed by atoms with Crippen LogP contribution in [-0.2, 0) is 35.2 Å². The summed E-state index contributed by atoms with van der Waals surface area (Å²) in [6, 6.07) is 53.2. The van der Waals surface area contributed by atoms with Crippen LogP contribution in [0, 0.1) is 59.3 Å². The molecule has 15 rings (SSSR count). The molecule has 0 bridgehead atoms. The van der Waals surface area contributed by atoms with Gasteiger partial charge in [-0.05, 0) is 326 Å². The van der Waals surface area contributed by atoms with E-state index in [0.717, 1.165) is 225 Å². The van der Waals surface area contributed by atoms with Crippen LogP contribution >= 0.6 is 0 Å². The second-order valence-corrected chi connectivity index (χ2v) is 32.6. The maximum absolute atomic E-state index is 13.0. The monoisotopic (exact) mass is 1480 g/mol. The SMILES string of the molecule is Cc1cc(C)n(-c2cccc(C(CC(=O)OC(C)(C)C)CN3CC[C@@H](CCc4ccc5cccnc5n4)C3)c2)n1.Cc1cc(C)n(-c2cccc(C(CCO)CN3CC[C@@H](CCc4ccc5c(n4)NCCC5)C3)c2)n1.Cc1cc(C)n(-c2cccc(C(CCO)CN3CC[C@@H](CCc4ccc5cccnc5n4)C3)c2)n1. The molecular formula is C91H115N15O4. The largest absolute Gasteiger partial charge is 0.460 e. The highest BCUT2D eigenvalue weighted by atomic mass is 16.6. The first-order valence-electron chi connectivity index (χ1n) is 40.5. The quantitative estimate of drug-likeness (QED) is 0.0409. The van der Waals surface area contributed by atoms with Crippen molar-refractivity contribution in [3.8, 4) is 17.1 Å². The van der Waals surface area contributed by atoms with Gasteiger partial charge in [-0.2, -0.15) is 15.3 Å². The molecule has 6 atom stereocenters. The summed E-state index contributed by atoms with van der Waals surface area (Å²) in [7, 11) is 0. The highest BCUT2D eigenvalue weighted by Gasteiger charge is 2.31. The van der Waals surface area contributed by atoms with Gasteiger partial charge < -0.3 is 35.0 Å². The van der Waals surface area contributed by atoms with E-state index < -0.39 is 5.60 Å². The highest BCUT2D eigenvalue weighted by molar-refractivity contribution is 5.75. The van der Waals surface area contributed by atoms with Crippen LogP contribution in [0.2, 0.25) is 0 Å². The number of carbonyl (C=O) groups excluding carboxylic acids is 1. The molecule has 3 N–H and O–H groups in total. The lowest BCUT2D eigenvalue weighted by molar-refractivity contribution is -0.155. The van der Waals surface area contributed by atoms with Crippen molar-refractivity contribution in [2.24, 2.45) is 17.8 Å². The van der Waals surface area contributed by atoms with E-state index in [1.807, 2.05) is 73.9 Å². The van der Waals surface area contributed by atoms with Crippen molar-refractivity contribution >= 4 is 33.9 Å². The number of ether oxygens (including phenoxy) is 1. The van der Waals surface area contributed by atoms with Gasteiger partial charge >= 0.3 is 5.97 Å². The van der Waals surface area contributed by atoms with E-state index >= 15 is 0 Å². The van der Waals surface area contributed by atoms with Crippen LogP contribution < -0.4 is 5.32 Å². The molecule has 8 aromatic heterocycles. The number of benzene rings is 3. The molecule has 0 spiro atoms. The predicted molar refractivity (Wildman–Crippen MR) is 440 cm³/mol. The summed E-state index contributed by atoms with van der Waals surface area (Å²) in [6.45, 7) is 29.0. The van der Waals surface area contributed by atoms with Gasteiger partial charge in [-0.15, -0.1) is 0 Å². The molecule has 19 heteroatoms. The van der Waals surface area contributed by atoms with E-state index in [0.29, 0.717) is 30.1 Å². The summed E-state index contributed by atoms with van der Waals surface area (Å²) in [4.78, 5) is 43.9. The zero-order valence-electron chi connectivity index (χ0n) is 66.4. The van der Waals surface area contributed by atoms with Gasteiger partial charge in [-0.3, -0.25) is 4.79 Å². The van der Waals surface area contributed by atoms with Crippen molar-refractivity contribution in [3.05, 3.63) is 238 Å². The van der Waals surface area contributed by atoms with E-state index in [9.17, 15) is 15.0 Å². The molecule has 4 aliphatic heterocycles. The summed E-state index contributed by atoms with van der Waals surface area (Å²) in [5.74, 6) is 3.65. The molecular weight excluding hydrogens is 1370 g/mol. The minimum atomic E-state index is -0.502. The molecule has 3 fully saturated rings. The summed E-state index contributed by atoms with van der Waals surface area (Å²) in [5.41, 5.74) is 19.3. The second-order valence-electron chi connectivity index (χ2n) is 32.6. The number of pyridine rings is 5. The Morgan fingerprint density at radius 2 is 0.909 bits per heavy atom. The van der Waals surface area contributed by atoms with Crippen molar-refractivity contribution in [2.75, 3.05) is 84.0 Å².